The minimum Gasteiger partial charge on any atom is -0.492 e. The summed E-state index contributed by atoms with van der Waals surface area (Å²) in [5, 5.41) is 16.3. The molecule has 1 fully saturated rings. The normalized spacial score (nSPS) is 14.5. The van der Waals surface area contributed by atoms with Gasteiger partial charge in [-0.05, 0) is 29.6 Å². The van der Waals surface area contributed by atoms with E-state index in [2.05, 4.69) is 42.9 Å². The van der Waals surface area contributed by atoms with Gasteiger partial charge >= 0.3 is 0 Å². The minimum atomic E-state index is 0.572. The Labute approximate surface area is 210 Å². The van der Waals surface area contributed by atoms with Crippen LogP contribution in [0.15, 0.2) is 54.2 Å². The van der Waals surface area contributed by atoms with E-state index >= 15 is 0 Å². The number of halogens is 1. The third-order valence-electron chi connectivity index (χ3n) is 6.07. The molecule has 0 radical (unpaired) electrons. The molecule has 0 bridgehead atoms. The van der Waals surface area contributed by atoms with Crippen LogP contribution in [-0.2, 0) is 4.74 Å². The molecular weight excluding hydrogens is 484 g/mol. The third-order valence-corrected chi connectivity index (χ3v) is 7.33. The van der Waals surface area contributed by atoms with E-state index < -0.39 is 0 Å². The molecular formula is C25H23ClN6O2S. The molecule has 0 saturated carbocycles. The van der Waals surface area contributed by atoms with Gasteiger partial charge in [0.1, 0.15) is 24.5 Å². The Morgan fingerprint density at radius 1 is 1.14 bits per heavy atom. The maximum atomic E-state index is 6.64. The van der Waals surface area contributed by atoms with E-state index in [0.717, 1.165) is 76.7 Å². The maximum Gasteiger partial charge on any atom is 0.163 e. The van der Waals surface area contributed by atoms with Crippen LogP contribution in [0.1, 0.15) is 0 Å². The number of para-hydroxylation sites is 1. The van der Waals surface area contributed by atoms with Gasteiger partial charge in [0.2, 0.25) is 0 Å². The highest BCUT2D eigenvalue weighted by molar-refractivity contribution is 7.18. The van der Waals surface area contributed by atoms with Gasteiger partial charge in [-0.3, -0.25) is 4.90 Å². The smallest absolute Gasteiger partial charge is 0.163 e. The van der Waals surface area contributed by atoms with Crippen LogP contribution >= 0.6 is 22.9 Å². The number of pyridine rings is 1. The molecule has 8 nitrogen and oxygen atoms in total. The molecule has 1 aliphatic heterocycles. The van der Waals surface area contributed by atoms with Gasteiger partial charge in [-0.2, -0.15) is 0 Å². The summed E-state index contributed by atoms with van der Waals surface area (Å²) in [6, 6.07) is 13.9. The second-order valence-electron chi connectivity index (χ2n) is 8.23. The number of anilines is 2. The molecule has 0 atom stereocenters. The van der Waals surface area contributed by atoms with Gasteiger partial charge in [-0.1, -0.05) is 23.7 Å². The molecule has 0 amide bonds. The lowest BCUT2D eigenvalue weighted by molar-refractivity contribution is 0.0322. The topological polar surface area (TPSA) is 88.2 Å². The van der Waals surface area contributed by atoms with Gasteiger partial charge in [0.05, 0.1) is 29.4 Å². The van der Waals surface area contributed by atoms with E-state index in [1.807, 2.05) is 30.3 Å². The predicted molar refractivity (Wildman–Crippen MR) is 140 cm³/mol. The zero-order valence-electron chi connectivity index (χ0n) is 18.8. The van der Waals surface area contributed by atoms with Crippen LogP contribution in [0.25, 0.3) is 32.4 Å². The third kappa shape index (κ3) is 4.55. The molecule has 178 valence electrons. The fourth-order valence-corrected chi connectivity index (χ4v) is 5.42. The number of hydrogen-bond acceptors (Lipinski definition) is 8. The Morgan fingerprint density at radius 3 is 2.89 bits per heavy atom. The predicted octanol–water partition coefficient (Wildman–Crippen LogP) is 5.34. The standard InChI is InChI=1S/C25H23ClN6O2S/c26-20-14-16(34-12-9-32-7-10-33-11-8-32)4-5-21(20)29-25-19-6-13-35-23(19)17-2-1-3-18(22(17)30-25)24-27-15-28-31-24/h1-6,13-15H,7-12H2,(H,29,30)(H,27,28,31). The van der Waals surface area contributed by atoms with Crippen LogP contribution in [0, 0.1) is 0 Å². The van der Waals surface area contributed by atoms with Crippen molar-refractivity contribution in [1.82, 2.24) is 25.1 Å². The first-order valence-corrected chi connectivity index (χ1v) is 12.7. The van der Waals surface area contributed by atoms with Crippen LogP contribution in [0.4, 0.5) is 11.5 Å². The summed E-state index contributed by atoms with van der Waals surface area (Å²) in [4.78, 5) is 10.4. The number of morpholine rings is 1. The molecule has 2 aromatic carbocycles. The number of rotatable bonds is 7. The Morgan fingerprint density at radius 2 is 2.06 bits per heavy atom. The quantitative estimate of drug-likeness (QED) is 0.308. The van der Waals surface area contributed by atoms with Gasteiger partial charge in [-0.25, -0.2) is 4.98 Å². The van der Waals surface area contributed by atoms with E-state index in [1.54, 1.807) is 17.7 Å². The van der Waals surface area contributed by atoms with Gasteiger partial charge in [0.25, 0.3) is 0 Å². The number of H-pyrrole nitrogens is 1. The lowest BCUT2D eigenvalue weighted by Gasteiger charge is -2.26. The van der Waals surface area contributed by atoms with Crippen molar-refractivity contribution in [3.63, 3.8) is 0 Å². The molecule has 35 heavy (non-hydrogen) atoms. The highest BCUT2D eigenvalue weighted by Crippen LogP contribution is 2.38. The highest BCUT2D eigenvalue weighted by Gasteiger charge is 2.16. The summed E-state index contributed by atoms with van der Waals surface area (Å²) in [7, 11) is 0. The monoisotopic (exact) mass is 506 g/mol. The molecule has 4 heterocycles. The molecule has 1 aliphatic rings. The van der Waals surface area contributed by atoms with Crippen molar-refractivity contribution in [3.05, 3.63) is 59.2 Å². The number of ether oxygens (including phenoxy) is 2. The number of thiophene rings is 1. The molecule has 1 saturated heterocycles. The summed E-state index contributed by atoms with van der Waals surface area (Å²) < 4.78 is 12.5. The number of benzene rings is 2. The molecule has 5 aromatic rings. The van der Waals surface area contributed by atoms with Crippen LogP contribution in [0.2, 0.25) is 5.02 Å². The first kappa shape index (κ1) is 22.2. The first-order chi connectivity index (χ1) is 17.3. The summed E-state index contributed by atoms with van der Waals surface area (Å²) in [5.41, 5.74) is 2.51. The molecule has 10 heteroatoms. The second kappa shape index (κ2) is 9.79. The summed E-state index contributed by atoms with van der Waals surface area (Å²) in [6.07, 6.45) is 1.57. The van der Waals surface area contributed by atoms with Crippen LogP contribution < -0.4 is 10.1 Å². The number of aromatic amines is 1. The molecule has 0 unspecified atom stereocenters. The van der Waals surface area contributed by atoms with Gasteiger partial charge in [0.15, 0.2) is 5.82 Å². The Balaban J connectivity index is 1.27. The van der Waals surface area contributed by atoms with E-state index in [1.165, 1.54) is 0 Å². The van der Waals surface area contributed by atoms with Crippen molar-refractivity contribution in [2.24, 2.45) is 0 Å². The fourth-order valence-electron chi connectivity index (χ4n) is 4.28. The van der Waals surface area contributed by atoms with Crippen molar-refractivity contribution in [2.75, 3.05) is 44.8 Å². The van der Waals surface area contributed by atoms with Crippen LogP contribution in [0.3, 0.4) is 0 Å². The average Bonchev–Trinajstić information content (AvgIpc) is 3.59. The van der Waals surface area contributed by atoms with Gasteiger partial charge in [-0.15, -0.1) is 21.5 Å². The average molecular weight is 507 g/mol. The molecule has 2 N–H and O–H groups in total. The van der Waals surface area contributed by atoms with Crippen molar-refractivity contribution in [2.45, 2.75) is 0 Å². The highest BCUT2D eigenvalue weighted by atomic mass is 35.5. The number of fused-ring (bicyclic) bond motifs is 3. The zero-order valence-corrected chi connectivity index (χ0v) is 20.4. The molecule has 0 spiro atoms. The van der Waals surface area contributed by atoms with Gasteiger partial charge in [0, 0.05) is 46.7 Å². The summed E-state index contributed by atoms with van der Waals surface area (Å²) in [5.74, 6) is 2.17. The van der Waals surface area contributed by atoms with Crippen molar-refractivity contribution in [3.8, 4) is 17.1 Å². The lowest BCUT2D eigenvalue weighted by Crippen LogP contribution is -2.38. The number of aromatic nitrogens is 4. The molecule has 0 aliphatic carbocycles. The molecule has 6 rings (SSSR count). The molecule has 3 aromatic heterocycles. The number of nitrogens with one attached hydrogen (secondary N) is 2. The lowest BCUT2D eigenvalue weighted by atomic mass is 10.1. The largest absolute Gasteiger partial charge is 0.492 e. The number of hydrogen-bond donors (Lipinski definition) is 2. The SMILES string of the molecule is Clc1cc(OCCN2CCOCC2)ccc1Nc1nc2c(-c3nnc[nH]3)cccc2c2sccc12. The Hall–Kier alpha value is -3.24. The number of nitrogens with zero attached hydrogens (tertiary/aromatic N) is 4. The van der Waals surface area contributed by atoms with Crippen LogP contribution in [-0.4, -0.2) is 64.5 Å². The summed E-state index contributed by atoms with van der Waals surface area (Å²) in [6.45, 7) is 4.93. The van der Waals surface area contributed by atoms with Crippen molar-refractivity contribution >= 4 is 55.4 Å². The Kier molecular flexibility index (Phi) is 6.22. The van der Waals surface area contributed by atoms with Crippen LogP contribution in [0.5, 0.6) is 5.75 Å². The van der Waals surface area contributed by atoms with E-state index in [4.69, 9.17) is 26.1 Å². The van der Waals surface area contributed by atoms with E-state index in [0.29, 0.717) is 17.5 Å². The summed E-state index contributed by atoms with van der Waals surface area (Å²) >= 11 is 8.33. The van der Waals surface area contributed by atoms with E-state index in [9.17, 15) is 0 Å². The van der Waals surface area contributed by atoms with Gasteiger partial charge < -0.3 is 19.8 Å². The first-order valence-electron chi connectivity index (χ1n) is 11.4. The van der Waals surface area contributed by atoms with Crippen molar-refractivity contribution in [1.29, 1.82) is 0 Å². The van der Waals surface area contributed by atoms with E-state index in [-0.39, 0.29) is 0 Å². The fraction of sp³-hybridized carbons (Fsp3) is 0.240. The Bertz CT molecular complexity index is 1470. The second-order valence-corrected chi connectivity index (χ2v) is 9.56. The minimum absolute atomic E-state index is 0.572. The van der Waals surface area contributed by atoms with Crippen molar-refractivity contribution < 1.29 is 9.47 Å². The zero-order chi connectivity index (χ0) is 23.6. The maximum absolute atomic E-state index is 6.64.